The van der Waals surface area contributed by atoms with Crippen molar-refractivity contribution in [2.24, 2.45) is 0 Å². The molecule has 0 aromatic carbocycles. The van der Waals surface area contributed by atoms with Gasteiger partial charge in [-0.1, -0.05) is 0 Å². The quantitative estimate of drug-likeness (QED) is 0.0406. The summed E-state index contributed by atoms with van der Waals surface area (Å²) in [7, 11) is 0. The maximum atomic E-state index is 11.1. The molecular formula is C30H54Gd2N7O19+4. The first-order valence-corrected chi connectivity index (χ1v) is 16.7. The molecule has 335 valence electrons. The van der Waals surface area contributed by atoms with Gasteiger partial charge in [0.2, 0.25) is 0 Å². The van der Waals surface area contributed by atoms with Crippen LogP contribution in [0.5, 0.6) is 0 Å². The number of hydrogen-bond acceptors (Lipinski definition) is 16. The molecule has 1 rings (SSSR count). The predicted molar refractivity (Wildman–Crippen MR) is 189 cm³/mol. The van der Waals surface area contributed by atoms with Crippen molar-refractivity contribution in [2.45, 2.75) is 0 Å². The Hall–Kier alpha value is -2.44. The second-order valence-electron chi connectivity index (χ2n) is 12.3. The molecule has 1 heterocycles. The second kappa shape index (κ2) is 35.3. The van der Waals surface area contributed by atoms with Crippen LogP contribution in [0.1, 0.15) is 0 Å². The van der Waals surface area contributed by atoms with Gasteiger partial charge >= 0.3 is 93.7 Å². The zero-order valence-electron chi connectivity index (χ0n) is 31.5. The molecule has 58 heavy (non-hydrogen) atoms. The standard InChI is InChI=1S/C16H28N4O8.C14H23N3O10.2Gd.H2O/c21-13(22)9-17-1-2-18(10-14(23)24)5-6-20(12-16(27)28)8-7-19(4-3-17)11-15(25)26;18-10(19)5-15(1-3-16(6-11(20)21)7-12(22)23)2-4-17(8-13(24)25)9-14(26)27;;;/h1-12H2,(H,21,22)(H,23,24)(H,25,26)(H,27,28);1-9H2,(H,18,19)(H,20,21)(H,22,23)(H,24,25)(H,26,27);;;1H2/q;;;+3;/p+1. The van der Waals surface area contributed by atoms with E-state index in [1.807, 2.05) is 0 Å². The predicted octanol–water partition coefficient (Wildman–Crippen LogP) is -6.06. The van der Waals surface area contributed by atoms with Gasteiger partial charge in [-0.25, -0.2) is 0 Å². The maximum absolute atomic E-state index is 11.1. The number of carboxylic acids is 9. The fraction of sp³-hybridized carbons (Fsp3) is 0.700. The Morgan fingerprint density at radius 3 is 0.638 bits per heavy atom. The molecule has 0 amide bonds. The van der Waals surface area contributed by atoms with Gasteiger partial charge in [0.25, 0.3) is 0 Å². The molecule has 1 aliphatic heterocycles. The molecule has 0 aliphatic carbocycles. The van der Waals surface area contributed by atoms with E-state index in [2.05, 4.69) is 0 Å². The number of rotatable bonds is 24. The maximum Gasteiger partial charge on any atom is 3.00 e. The van der Waals surface area contributed by atoms with Crippen LogP contribution in [-0.4, -0.2) is 271 Å². The van der Waals surface area contributed by atoms with Crippen LogP contribution >= 0.6 is 0 Å². The third-order valence-electron chi connectivity index (χ3n) is 7.62. The Kier molecular flexibility index (Phi) is 37.9. The van der Waals surface area contributed by atoms with Crippen LogP contribution in [0.25, 0.3) is 0 Å². The molecule has 1 fully saturated rings. The van der Waals surface area contributed by atoms with E-state index in [0.717, 1.165) is 9.80 Å². The third-order valence-corrected chi connectivity index (χ3v) is 7.62. The van der Waals surface area contributed by atoms with Crippen molar-refractivity contribution in [3.63, 3.8) is 0 Å². The van der Waals surface area contributed by atoms with Crippen LogP contribution in [0.15, 0.2) is 0 Å². The Morgan fingerprint density at radius 2 is 0.483 bits per heavy atom. The summed E-state index contributed by atoms with van der Waals surface area (Å²) in [5, 5.41) is 80.4. The van der Waals surface area contributed by atoms with Crippen LogP contribution in [0.3, 0.4) is 0 Å². The molecule has 0 spiro atoms. The van der Waals surface area contributed by atoms with Crippen molar-refractivity contribution in [1.29, 1.82) is 0 Å². The van der Waals surface area contributed by atoms with Crippen molar-refractivity contribution >= 4 is 53.7 Å². The minimum absolute atomic E-state index is 0. The van der Waals surface area contributed by atoms with Crippen molar-refractivity contribution < 1.29 is 174 Å². The second-order valence-corrected chi connectivity index (χ2v) is 12.3. The van der Waals surface area contributed by atoms with Crippen LogP contribution in [-0.2, 0) is 48.6 Å². The Morgan fingerprint density at radius 1 is 0.328 bits per heavy atom. The van der Waals surface area contributed by atoms with Gasteiger partial charge in [0.1, 0.15) is 0 Å². The molecular weight excluding hydrogens is 1080 g/mol. The summed E-state index contributed by atoms with van der Waals surface area (Å²) in [6.45, 7) is -1.21. The molecule has 26 nitrogen and oxygen atoms in total. The number of carboxylic acid groups (broad SMARTS) is 9. The van der Waals surface area contributed by atoms with Gasteiger partial charge in [0.15, 0.2) is 0 Å². The number of hydrogen-bond donors (Lipinski definition) is 9. The van der Waals surface area contributed by atoms with Crippen LogP contribution in [0.4, 0.5) is 0 Å². The molecule has 28 heteroatoms. The topological polar surface area (TPSA) is 391 Å². The minimum atomic E-state index is -1.24. The third kappa shape index (κ3) is 36.6. The number of nitrogens with zero attached hydrogens (tertiary/aromatic N) is 7. The zero-order chi connectivity index (χ0) is 42.1. The van der Waals surface area contributed by atoms with E-state index in [-0.39, 0.29) is 138 Å². The van der Waals surface area contributed by atoms with Gasteiger partial charge in [0, 0.05) is 118 Å². The summed E-state index contributed by atoms with van der Waals surface area (Å²) in [6.07, 6.45) is 0. The van der Waals surface area contributed by atoms with Crippen molar-refractivity contribution in [3.8, 4) is 0 Å². The van der Waals surface area contributed by atoms with E-state index in [9.17, 15) is 43.2 Å². The molecule has 0 aromatic heterocycles. The molecule has 0 aromatic rings. The molecule has 1 aliphatic rings. The molecule has 0 atom stereocenters. The molecule has 12 N–H and O–H groups in total. The van der Waals surface area contributed by atoms with E-state index in [1.54, 1.807) is 19.6 Å². The minimum Gasteiger partial charge on any atom is -0.480 e. The fourth-order valence-electron chi connectivity index (χ4n) is 5.20. The van der Waals surface area contributed by atoms with Gasteiger partial charge in [-0.15, -0.1) is 0 Å². The van der Waals surface area contributed by atoms with Gasteiger partial charge in [-0.3, -0.25) is 77.5 Å². The summed E-state index contributed by atoms with van der Waals surface area (Å²) >= 11 is 0. The number of aliphatic carboxylic acids is 9. The van der Waals surface area contributed by atoms with Gasteiger partial charge in [-0.2, -0.15) is 0 Å². The molecule has 0 saturated carbocycles. The average molecular weight is 1130 g/mol. The number of carbonyl (C=O) groups is 9. The summed E-state index contributed by atoms with van der Waals surface area (Å²) in [5.74, 6) is -10.2. The largest absolute Gasteiger partial charge is 3.00 e. The molecule has 1 radical (unpaired) electrons. The van der Waals surface area contributed by atoms with Crippen LogP contribution in [0.2, 0.25) is 0 Å². The van der Waals surface area contributed by atoms with Crippen LogP contribution < -0.4 is 0 Å². The first-order chi connectivity index (χ1) is 25.6. The summed E-state index contributed by atoms with van der Waals surface area (Å²) in [6, 6.07) is 0. The monoisotopic (exact) mass is 1130 g/mol. The summed E-state index contributed by atoms with van der Waals surface area (Å²) in [4.78, 5) is 109. The SMILES string of the molecule is O=C(O)CN(CCN(CC(=O)O)CC(=O)O)CCN(CC(=O)O)CC(=O)O.O=C(O)CN1CCN(CC(=O)O)CCN(CC(=O)O)CCN(CC(=O)O)CC1.[Gd+3].[Gd].[OH3+]. The fourth-order valence-corrected chi connectivity index (χ4v) is 5.20. The Balaban J connectivity index is -0.000000478. The van der Waals surface area contributed by atoms with Crippen molar-refractivity contribution in [3.05, 3.63) is 0 Å². The summed E-state index contributed by atoms with van der Waals surface area (Å²) < 4.78 is 0. The average Bonchev–Trinajstić information content (AvgIpc) is 3.01. The molecule has 0 unspecified atom stereocenters. The first-order valence-electron chi connectivity index (χ1n) is 16.7. The van der Waals surface area contributed by atoms with Gasteiger partial charge in [0.05, 0.1) is 58.9 Å². The van der Waals surface area contributed by atoms with E-state index < -0.39 is 86.4 Å². The van der Waals surface area contributed by atoms with E-state index in [1.165, 1.54) is 4.90 Å². The van der Waals surface area contributed by atoms with Gasteiger partial charge in [-0.05, 0) is 0 Å². The molecule has 0 bridgehead atoms. The zero-order valence-corrected chi connectivity index (χ0v) is 36.0. The van der Waals surface area contributed by atoms with E-state index in [4.69, 9.17) is 46.0 Å². The van der Waals surface area contributed by atoms with E-state index in [0.29, 0.717) is 52.4 Å². The Labute approximate surface area is 396 Å². The summed E-state index contributed by atoms with van der Waals surface area (Å²) in [5.41, 5.74) is 0. The first kappa shape index (κ1) is 62.2. The van der Waals surface area contributed by atoms with Crippen LogP contribution in [0, 0.1) is 79.9 Å². The smallest absolute Gasteiger partial charge is 0.480 e. The Bertz CT molecular complexity index is 1130. The van der Waals surface area contributed by atoms with Crippen molar-refractivity contribution in [1.82, 2.24) is 34.3 Å². The van der Waals surface area contributed by atoms with Crippen molar-refractivity contribution in [2.75, 3.05) is 137 Å². The van der Waals surface area contributed by atoms with Gasteiger partial charge < -0.3 is 51.4 Å². The normalized spacial score (nSPS) is 14.5. The molecule has 1 saturated heterocycles. The van der Waals surface area contributed by atoms with E-state index >= 15 is 0 Å².